The Morgan fingerprint density at radius 1 is 1.60 bits per heavy atom. The van der Waals surface area contributed by atoms with Crippen LogP contribution in [0.5, 0.6) is 5.75 Å². The number of phenolic OH excluding ortho intramolecular Hbond substituents is 1. The van der Waals surface area contributed by atoms with Crippen molar-refractivity contribution in [1.82, 2.24) is 0 Å². The normalized spacial score (nSPS) is 10.2. The maximum atomic E-state index is 10.2. The Hall–Kier alpha value is -1.58. The van der Waals surface area contributed by atoms with Gasteiger partial charge in [0.2, 0.25) is 0 Å². The van der Waals surface area contributed by atoms with Crippen molar-refractivity contribution in [2.45, 2.75) is 0 Å². The zero-order valence-corrected chi connectivity index (χ0v) is 4.98. The minimum absolute atomic E-state index is 0.0440. The number of aromatic hydroxyl groups is 1. The number of hydrogen-bond acceptors (Lipinski definition) is 3. The third-order valence-corrected chi connectivity index (χ3v) is 1.06. The van der Waals surface area contributed by atoms with Gasteiger partial charge in [-0.25, -0.2) is 0 Å². The van der Waals surface area contributed by atoms with Gasteiger partial charge in [-0.15, -0.1) is 0 Å². The van der Waals surface area contributed by atoms with Gasteiger partial charge in [-0.3, -0.25) is 10.1 Å². The van der Waals surface area contributed by atoms with E-state index in [-0.39, 0.29) is 11.4 Å². The molecule has 1 rings (SSSR count). The van der Waals surface area contributed by atoms with E-state index in [0.29, 0.717) is 0 Å². The van der Waals surface area contributed by atoms with Gasteiger partial charge in [0.25, 0.3) is 1.43 Å². The molecule has 0 amide bonds. The molecule has 1 N–H and O–H groups in total. The fourth-order valence-electron chi connectivity index (χ4n) is 0.608. The van der Waals surface area contributed by atoms with Crippen molar-refractivity contribution in [2.24, 2.45) is 0 Å². The number of hydrogen-bond donors (Lipinski definition) is 1. The molecule has 0 saturated carbocycles. The molecule has 52 valence electrons. The van der Waals surface area contributed by atoms with Crippen LogP contribution in [-0.4, -0.2) is 11.5 Å². The molecule has 1 aromatic carbocycles. The molecular formula is C6H5NO3. The van der Waals surface area contributed by atoms with Crippen LogP contribution in [0.25, 0.3) is 0 Å². The molecule has 0 unspecified atom stereocenters. The summed E-state index contributed by atoms with van der Waals surface area (Å²) in [5, 5.41) is 14.2. The maximum Gasteiger partial charge on any atom is 0.310 e. The first-order chi connectivity index (χ1) is 5.25. The second kappa shape index (κ2) is 2.34. The van der Waals surface area contributed by atoms with E-state index < -0.39 is 4.92 Å². The van der Waals surface area contributed by atoms with E-state index >= 15 is 0 Å². The maximum absolute atomic E-state index is 10.2. The highest BCUT2D eigenvalue weighted by Crippen LogP contribution is 2.23. The van der Waals surface area contributed by atoms with Gasteiger partial charge in [-0.05, 0) is 6.07 Å². The lowest BCUT2D eigenvalue weighted by Crippen LogP contribution is -1.86. The largest absolute Gasteiger partial charge is 0.502 e. The number of benzene rings is 1. The van der Waals surface area contributed by atoms with Crippen molar-refractivity contribution in [3.63, 3.8) is 0 Å². The van der Waals surface area contributed by atoms with E-state index in [1.165, 1.54) is 18.2 Å². The summed E-state index contributed by atoms with van der Waals surface area (Å²) < 4.78 is 6.47. The summed E-state index contributed by atoms with van der Waals surface area (Å²) >= 11 is 0. The van der Waals surface area contributed by atoms with Crippen LogP contribution in [-0.2, 0) is 0 Å². The quantitative estimate of drug-likeness (QED) is 0.497. The van der Waals surface area contributed by atoms with Crippen LogP contribution in [0.2, 0.25) is 0 Å². The first-order valence-electron chi connectivity index (χ1n) is 3.03. The van der Waals surface area contributed by atoms with Crippen LogP contribution >= 0.6 is 0 Å². The summed E-state index contributed by atoms with van der Waals surface area (Å²) in [4.78, 5) is 9.63. The Balaban J connectivity index is 3.12. The molecule has 0 aliphatic carbocycles. The average Bonchev–Trinajstić information content (AvgIpc) is 2.04. The van der Waals surface area contributed by atoms with E-state index in [1.54, 1.807) is 6.07 Å². The van der Waals surface area contributed by atoms with Crippen LogP contribution in [0, 0.1) is 10.1 Å². The molecular weight excluding hydrogens is 134 g/mol. The lowest BCUT2D eigenvalue weighted by molar-refractivity contribution is -0.385. The number of rotatable bonds is 2. The first kappa shape index (κ1) is 5.22. The van der Waals surface area contributed by atoms with Gasteiger partial charge in [-0.1, -0.05) is 12.1 Å². The fourth-order valence-corrected chi connectivity index (χ4v) is 0.608. The second-order valence-corrected chi connectivity index (χ2v) is 1.72. The lowest BCUT2D eigenvalue weighted by atomic mass is 10.3. The molecule has 1 aromatic rings. The van der Waals surface area contributed by atoms with Gasteiger partial charge in [0.1, 0.15) is 0 Å². The van der Waals surface area contributed by atoms with Gasteiger partial charge >= 0.3 is 5.69 Å². The van der Waals surface area contributed by atoms with Crippen molar-refractivity contribution in [2.75, 3.05) is 0 Å². The van der Waals surface area contributed by atoms with E-state index in [2.05, 4.69) is 5.11 Å². The van der Waals surface area contributed by atoms with Crippen LogP contribution in [0.4, 0.5) is 5.69 Å². The molecule has 0 aliphatic rings. The summed E-state index contributed by atoms with van der Waals surface area (Å²) in [5.41, 5.74) is -0.192. The van der Waals surface area contributed by atoms with Gasteiger partial charge in [0.05, 0.1) is 4.92 Å². The van der Waals surface area contributed by atoms with Crippen LogP contribution < -0.4 is 0 Å². The average molecular weight is 140 g/mol. The third kappa shape index (κ3) is 1.05. The topological polar surface area (TPSA) is 63.4 Å². The molecule has 0 saturated heterocycles. The second-order valence-electron chi connectivity index (χ2n) is 1.72. The number of phenols is 1. The first-order valence-corrected chi connectivity index (χ1v) is 2.62. The third-order valence-electron chi connectivity index (χ3n) is 1.06. The molecule has 0 spiro atoms. The van der Waals surface area contributed by atoms with Crippen molar-refractivity contribution in [1.29, 1.82) is 1.43 Å². The van der Waals surface area contributed by atoms with E-state index in [9.17, 15) is 10.1 Å². The van der Waals surface area contributed by atoms with E-state index in [4.69, 9.17) is 1.43 Å². The van der Waals surface area contributed by atoms with E-state index in [0.717, 1.165) is 0 Å². The highest BCUT2D eigenvalue weighted by atomic mass is 16.6. The zero-order chi connectivity index (χ0) is 8.27. The minimum Gasteiger partial charge on any atom is -0.502 e. The summed E-state index contributed by atoms with van der Waals surface area (Å²) in [6, 6.07) is 5.73. The summed E-state index contributed by atoms with van der Waals surface area (Å²) in [5.74, 6) is -0.0440. The predicted molar refractivity (Wildman–Crippen MR) is 34.8 cm³/mol. The van der Waals surface area contributed by atoms with Crippen LogP contribution in [0.15, 0.2) is 24.3 Å². The van der Waals surface area contributed by atoms with Gasteiger partial charge in [0.15, 0.2) is 5.75 Å². The lowest BCUT2D eigenvalue weighted by Gasteiger charge is -1.91. The van der Waals surface area contributed by atoms with Gasteiger partial charge < -0.3 is 5.11 Å². The van der Waals surface area contributed by atoms with Crippen molar-refractivity contribution >= 4 is 5.69 Å². The molecule has 0 atom stereocenters. The SMILES string of the molecule is [2H]Oc1ccccc1[N+](=O)[O-]. The van der Waals surface area contributed by atoms with Gasteiger partial charge in [0, 0.05) is 6.07 Å². The standard InChI is InChI=1S/C6H5NO3/c8-6-4-2-1-3-5(6)7(9)10/h1-4,8H/i/hD. The Bertz CT molecular complexity index is 276. The van der Waals surface area contributed by atoms with Crippen LogP contribution in [0.1, 0.15) is 0 Å². The zero-order valence-electron chi connectivity index (χ0n) is 5.98. The summed E-state index contributed by atoms with van der Waals surface area (Å²) in [6.07, 6.45) is 0. The fraction of sp³-hybridized carbons (Fsp3) is 0. The summed E-state index contributed by atoms with van der Waals surface area (Å²) in [6.45, 7) is 0. The monoisotopic (exact) mass is 140 g/mol. The molecule has 0 fully saturated rings. The Labute approximate surface area is 58.4 Å². The molecule has 0 heterocycles. The predicted octanol–water partition coefficient (Wildman–Crippen LogP) is 1.30. The smallest absolute Gasteiger partial charge is 0.310 e. The highest BCUT2D eigenvalue weighted by molar-refractivity contribution is 5.44. The molecule has 4 nitrogen and oxygen atoms in total. The van der Waals surface area contributed by atoms with Crippen LogP contribution in [0.3, 0.4) is 0 Å². The molecule has 10 heavy (non-hydrogen) atoms. The van der Waals surface area contributed by atoms with Crippen molar-refractivity contribution < 1.29 is 10.0 Å². The molecule has 0 bridgehead atoms. The minimum atomic E-state index is -0.593. The molecule has 0 aliphatic heterocycles. The van der Waals surface area contributed by atoms with Gasteiger partial charge in [-0.2, -0.15) is 0 Å². The Kier molecular flexibility index (Phi) is 1.23. The highest BCUT2D eigenvalue weighted by Gasteiger charge is 2.09. The molecule has 4 heteroatoms. The Morgan fingerprint density at radius 3 is 2.80 bits per heavy atom. The number of nitro benzene ring substituents is 1. The molecule has 0 aromatic heterocycles. The number of nitrogens with zero attached hydrogens (tertiary/aromatic N) is 1. The summed E-state index contributed by atoms with van der Waals surface area (Å²) in [7, 11) is 0. The van der Waals surface area contributed by atoms with E-state index in [1.807, 2.05) is 0 Å². The molecule has 0 radical (unpaired) electrons. The number of nitro groups is 1. The van der Waals surface area contributed by atoms with Crippen molar-refractivity contribution in [3.05, 3.63) is 34.4 Å². The number of para-hydroxylation sites is 2. The van der Waals surface area contributed by atoms with Crippen molar-refractivity contribution in [3.8, 4) is 5.75 Å². The Morgan fingerprint density at radius 2 is 2.30 bits per heavy atom.